The maximum atomic E-state index is 10.1. The first-order valence-corrected chi connectivity index (χ1v) is 5.34. The molecule has 2 heterocycles. The largest absolute Gasteiger partial charge is 0.418 e. The highest BCUT2D eigenvalue weighted by atomic mass is 32.1. The predicted octanol–water partition coefficient (Wildman–Crippen LogP) is 3.01. The normalized spacial score (nSPS) is 9.85. The Hall–Kier alpha value is -1.13. The van der Waals surface area contributed by atoms with Gasteiger partial charge in [0.15, 0.2) is 5.06 Å². The van der Waals surface area contributed by atoms with Gasteiger partial charge in [-0.05, 0) is 23.6 Å². The lowest BCUT2D eigenvalue weighted by molar-refractivity contribution is -0.120. The highest BCUT2D eigenvalue weighted by Gasteiger charge is 2.03. The third kappa shape index (κ3) is 1.79. The van der Waals surface area contributed by atoms with Crippen LogP contribution >= 0.6 is 22.7 Å². The van der Waals surface area contributed by atoms with Gasteiger partial charge in [0.05, 0.1) is 0 Å². The molecular weight excluding hydrogens is 204 g/mol. The van der Waals surface area contributed by atoms with E-state index in [1.54, 1.807) is 17.4 Å². The Bertz CT molecular complexity index is 389. The Kier molecular flexibility index (Phi) is 2.42. The molecular formula is C9H6O2S2. The van der Waals surface area contributed by atoms with E-state index in [1.165, 1.54) is 16.2 Å². The van der Waals surface area contributed by atoms with Gasteiger partial charge in [0.1, 0.15) is 0 Å². The molecule has 0 amide bonds. The van der Waals surface area contributed by atoms with Crippen LogP contribution in [0.4, 0.5) is 0 Å². The first kappa shape index (κ1) is 8.47. The second-order valence-electron chi connectivity index (χ2n) is 2.31. The topological polar surface area (TPSA) is 26.3 Å². The molecule has 0 fully saturated rings. The van der Waals surface area contributed by atoms with Gasteiger partial charge < -0.3 is 4.74 Å². The molecule has 2 aromatic rings. The van der Waals surface area contributed by atoms with Crippen molar-refractivity contribution < 1.29 is 9.53 Å². The molecule has 4 heteroatoms. The maximum absolute atomic E-state index is 10.1. The van der Waals surface area contributed by atoms with Crippen molar-refractivity contribution >= 4 is 29.1 Å². The number of carbonyl (C=O) groups is 1. The molecule has 0 radical (unpaired) electrons. The second kappa shape index (κ2) is 3.72. The van der Waals surface area contributed by atoms with Crippen LogP contribution in [0.5, 0.6) is 5.06 Å². The number of hydrogen-bond acceptors (Lipinski definition) is 4. The molecule has 0 aliphatic heterocycles. The molecule has 2 aromatic heterocycles. The van der Waals surface area contributed by atoms with Gasteiger partial charge in [0.25, 0.3) is 6.47 Å². The van der Waals surface area contributed by atoms with Crippen molar-refractivity contribution in [2.24, 2.45) is 0 Å². The average Bonchev–Trinajstić information content (AvgIpc) is 2.70. The first-order chi connectivity index (χ1) is 6.40. The Morgan fingerprint density at radius 2 is 2.15 bits per heavy atom. The number of carbonyl (C=O) groups excluding carboxylic acids is 1. The lowest BCUT2D eigenvalue weighted by atomic mass is 10.4. The van der Waals surface area contributed by atoms with Gasteiger partial charge in [-0.3, -0.25) is 4.79 Å². The van der Waals surface area contributed by atoms with Crippen molar-refractivity contribution in [1.29, 1.82) is 0 Å². The minimum Gasteiger partial charge on any atom is -0.418 e. The molecule has 66 valence electrons. The second-order valence-corrected chi connectivity index (χ2v) is 4.30. The molecule has 0 bridgehead atoms. The smallest absolute Gasteiger partial charge is 0.299 e. The van der Waals surface area contributed by atoms with Gasteiger partial charge in [-0.2, -0.15) is 0 Å². The summed E-state index contributed by atoms with van der Waals surface area (Å²) in [6, 6.07) is 7.80. The Labute approximate surface area is 83.4 Å². The van der Waals surface area contributed by atoms with Crippen molar-refractivity contribution in [3.8, 4) is 14.8 Å². The summed E-state index contributed by atoms with van der Waals surface area (Å²) >= 11 is 3.15. The van der Waals surface area contributed by atoms with E-state index < -0.39 is 0 Å². The summed E-state index contributed by atoms with van der Waals surface area (Å²) in [6.45, 7) is 0.448. The van der Waals surface area contributed by atoms with Gasteiger partial charge in [-0.25, -0.2) is 0 Å². The fourth-order valence-corrected chi connectivity index (χ4v) is 2.64. The molecule has 0 aliphatic carbocycles. The maximum Gasteiger partial charge on any atom is 0.299 e. The van der Waals surface area contributed by atoms with Crippen LogP contribution in [0.2, 0.25) is 0 Å². The fourth-order valence-electron chi connectivity index (χ4n) is 0.982. The minimum atomic E-state index is 0.448. The van der Waals surface area contributed by atoms with Crippen molar-refractivity contribution in [3.63, 3.8) is 0 Å². The minimum absolute atomic E-state index is 0.448. The quantitative estimate of drug-likeness (QED) is 0.728. The zero-order chi connectivity index (χ0) is 9.10. The van der Waals surface area contributed by atoms with E-state index in [9.17, 15) is 4.79 Å². The molecule has 13 heavy (non-hydrogen) atoms. The van der Waals surface area contributed by atoms with E-state index >= 15 is 0 Å². The number of hydrogen-bond donors (Lipinski definition) is 0. The molecule has 0 saturated heterocycles. The van der Waals surface area contributed by atoms with Crippen LogP contribution in [-0.2, 0) is 4.79 Å². The third-order valence-corrected chi connectivity index (χ3v) is 3.55. The number of thiophene rings is 2. The van der Waals surface area contributed by atoms with E-state index in [1.807, 2.05) is 23.6 Å². The number of rotatable bonds is 3. The van der Waals surface area contributed by atoms with E-state index in [2.05, 4.69) is 0 Å². The van der Waals surface area contributed by atoms with Gasteiger partial charge in [0, 0.05) is 9.75 Å². The van der Waals surface area contributed by atoms with Crippen molar-refractivity contribution in [3.05, 3.63) is 29.6 Å². The summed E-state index contributed by atoms with van der Waals surface area (Å²) in [6.07, 6.45) is 0. The SMILES string of the molecule is O=COc1ccc(-c2cccs2)s1. The van der Waals surface area contributed by atoms with E-state index in [0.717, 1.165) is 4.88 Å². The molecule has 0 spiro atoms. The summed E-state index contributed by atoms with van der Waals surface area (Å²) in [7, 11) is 0. The lowest BCUT2D eigenvalue weighted by Crippen LogP contribution is -1.82. The Morgan fingerprint density at radius 1 is 1.23 bits per heavy atom. The molecule has 0 unspecified atom stereocenters. The van der Waals surface area contributed by atoms with Crippen LogP contribution in [0.3, 0.4) is 0 Å². The van der Waals surface area contributed by atoms with Crippen LogP contribution in [0.25, 0.3) is 9.75 Å². The molecule has 0 aromatic carbocycles. The van der Waals surface area contributed by atoms with Gasteiger partial charge in [-0.15, -0.1) is 11.3 Å². The van der Waals surface area contributed by atoms with E-state index in [0.29, 0.717) is 11.5 Å². The third-order valence-electron chi connectivity index (χ3n) is 1.51. The standard InChI is InChI=1S/C9H6O2S2/c10-6-11-9-4-3-8(13-9)7-2-1-5-12-7/h1-6H. The van der Waals surface area contributed by atoms with Crippen molar-refractivity contribution in [1.82, 2.24) is 0 Å². The van der Waals surface area contributed by atoms with Gasteiger partial charge in [-0.1, -0.05) is 17.4 Å². The van der Waals surface area contributed by atoms with Crippen LogP contribution in [0.1, 0.15) is 0 Å². The summed E-state index contributed by atoms with van der Waals surface area (Å²) in [4.78, 5) is 12.4. The molecule has 0 N–H and O–H groups in total. The number of ether oxygens (including phenoxy) is 1. The monoisotopic (exact) mass is 210 g/mol. The summed E-state index contributed by atoms with van der Waals surface area (Å²) in [5, 5.41) is 2.66. The van der Waals surface area contributed by atoms with Crippen LogP contribution in [-0.4, -0.2) is 6.47 Å². The van der Waals surface area contributed by atoms with E-state index in [-0.39, 0.29) is 0 Å². The average molecular weight is 210 g/mol. The van der Waals surface area contributed by atoms with Crippen molar-refractivity contribution in [2.45, 2.75) is 0 Å². The zero-order valence-electron chi connectivity index (χ0n) is 6.60. The lowest BCUT2D eigenvalue weighted by Gasteiger charge is -1.88. The van der Waals surface area contributed by atoms with Crippen LogP contribution in [0.15, 0.2) is 29.6 Å². The van der Waals surface area contributed by atoms with Gasteiger partial charge in [0.2, 0.25) is 0 Å². The molecule has 0 saturated carbocycles. The summed E-state index contributed by atoms with van der Waals surface area (Å²) in [5.74, 6) is 0. The molecule has 2 nitrogen and oxygen atoms in total. The molecule has 2 rings (SSSR count). The van der Waals surface area contributed by atoms with E-state index in [4.69, 9.17) is 4.74 Å². The Morgan fingerprint density at radius 3 is 2.85 bits per heavy atom. The highest BCUT2D eigenvalue weighted by molar-refractivity contribution is 7.22. The Balaban J connectivity index is 2.28. The highest BCUT2D eigenvalue weighted by Crippen LogP contribution is 2.34. The van der Waals surface area contributed by atoms with Crippen molar-refractivity contribution in [2.75, 3.05) is 0 Å². The van der Waals surface area contributed by atoms with Crippen LogP contribution in [0, 0.1) is 0 Å². The summed E-state index contributed by atoms with van der Waals surface area (Å²) < 4.78 is 4.73. The van der Waals surface area contributed by atoms with Gasteiger partial charge >= 0.3 is 0 Å². The van der Waals surface area contributed by atoms with Crippen LogP contribution < -0.4 is 4.74 Å². The first-order valence-electron chi connectivity index (χ1n) is 3.64. The summed E-state index contributed by atoms with van der Waals surface area (Å²) in [5.41, 5.74) is 0. The fraction of sp³-hybridized carbons (Fsp3) is 0. The molecule has 0 atom stereocenters. The predicted molar refractivity (Wildman–Crippen MR) is 54.3 cm³/mol. The molecule has 0 aliphatic rings. The zero-order valence-corrected chi connectivity index (χ0v) is 8.23.